The van der Waals surface area contributed by atoms with Crippen molar-refractivity contribution in [2.45, 2.75) is 44.4 Å². The Kier molecular flexibility index (Phi) is 5.88. The predicted molar refractivity (Wildman–Crippen MR) is 102 cm³/mol. The SMILES string of the molecule is O=C(C[C@H]1CN(Cc2ccccc2)CCO1)N1CC(N2CCCCC2)C1. The molecule has 0 aromatic heterocycles. The van der Waals surface area contributed by atoms with Crippen LogP contribution >= 0.6 is 0 Å². The van der Waals surface area contributed by atoms with Gasteiger partial charge in [0.15, 0.2) is 0 Å². The predicted octanol–water partition coefficient (Wildman–Crippen LogP) is 1.97. The molecule has 3 aliphatic rings. The van der Waals surface area contributed by atoms with E-state index in [9.17, 15) is 4.79 Å². The first-order chi connectivity index (χ1) is 12.8. The first-order valence-corrected chi connectivity index (χ1v) is 10.2. The molecule has 0 radical (unpaired) electrons. The van der Waals surface area contributed by atoms with Crippen LogP contribution in [-0.4, -0.2) is 78.6 Å². The van der Waals surface area contributed by atoms with E-state index in [-0.39, 0.29) is 12.0 Å². The summed E-state index contributed by atoms with van der Waals surface area (Å²) in [5.41, 5.74) is 1.33. The van der Waals surface area contributed by atoms with Crippen LogP contribution in [0.15, 0.2) is 30.3 Å². The molecule has 1 amide bonds. The van der Waals surface area contributed by atoms with Crippen LogP contribution in [0.2, 0.25) is 0 Å². The average Bonchev–Trinajstić information content (AvgIpc) is 2.62. The van der Waals surface area contributed by atoms with Crippen molar-refractivity contribution in [1.29, 1.82) is 0 Å². The first kappa shape index (κ1) is 18.0. The van der Waals surface area contributed by atoms with Gasteiger partial charge in [0.2, 0.25) is 5.91 Å². The molecule has 3 aliphatic heterocycles. The van der Waals surface area contributed by atoms with E-state index in [2.05, 4.69) is 40.1 Å². The number of amides is 1. The number of hydrogen-bond donors (Lipinski definition) is 0. The highest BCUT2D eigenvalue weighted by Crippen LogP contribution is 2.22. The van der Waals surface area contributed by atoms with Crippen molar-refractivity contribution in [1.82, 2.24) is 14.7 Å². The Morgan fingerprint density at radius 2 is 1.77 bits per heavy atom. The maximum atomic E-state index is 12.6. The number of piperidine rings is 1. The monoisotopic (exact) mass is 357 g/mol. The number of morpholine rings is 1. The Morgan fingerprint density at radius 1 is 1.00 bits per heavy atom. The molecule has 0 N–H and O–H groups in total. The molecule has 1 atom stereocenters. The summed E-state index contributed by atoms with van der Waals surface area (Å²) >= 11 is 0. The van der Waals surface area contributed by atoms with Crippen LogP contribution in [0.4, 0.5) is 0 Å². The normalized spacial score (nSPS) is 25.8. The molecule has 4 rings (SSSR count). The Hall–Kier alpha value is -1.43. The molecule has 1 aromatic rings. The van der Waals surface area contributed by atoms with Crippen LogP contribution in [0.1, 0.15) is 31.2 Å². The third kappa shape index (κ3) is 4.45. The molecule has 3 saturated heterocycles. The second-order valence-electron chi connectivity index (χ2n) is 7.97. The van der Waals surface area contributed by atoms with E-state index in [1.54, 1.807) is 0 Å². The maximum absolute atomic E-state index is 12.6. The fourth-order valence-electron chi connectivity index (χ4n) is 4.39. The van der Waals surface area contributed by atoms with Gasteiger partial charge in [0.25, 0.3) is 0 Å². The van der Waals surface area contributed by atoms with E-state index in [0.717, 1.165) is 39.3 Å². The van der Waals surface area contributed by atoms with Crippen molar-refractivity contribution < 1.29 is 9.53 Å². The molecule has 3 heterocycles. The average molecular weight is 357 g/mol. The summed E-state index contributed by atoms with van der Waals surface area (Å²) in [5.74, 6) is 0.268. The molecule has 142 valence electrons. The smallest absolute Gasteiger partial charge is 0.225 e. The molecule has 1 aromatic carbocycles. The van der Waals surface area contributed by atoms with E-state index in [0.29, 0.717) is 12.5 Å². The number of hydrogen-bond acceptors (Lipinski definition) is 4. The van der Waals surface area contributed by atoms with Gasteiger partial charge in [-0.1, -0.05) is 36.8 Å². The molecule has 0 unspecified atom stereocenters. The van der Waals surface area contributed by atoms with Gasteiger partial charge in [0.05, 0.1) is 19.1 Å². The topological polar surface area (TPSA) is 36.0 Å². The van der Waals surface area contributed by atoms with Crippen LogP contribution in [0, 0.1) is 0 Å². The van der Waals surface area contributed by atoms with Gasteiger partial charge >= 0.3 is 0 Å². The molecule has 5 heteroatoms. The second kappa shape index (κ2) is 8.51. The summed E-state index contributed by atoms with van der Waals surface area (Å²) in [5, 5.41) is 0. The maximum Gasteiger partial charge on any atom is 0.225 e. The zero-order valence-electron chi connectivity index (χ0n) is 15.7. The van der Waals surface area contributed by atoms with Crippen molar-refractivity contribution in [3.05, 3.63) is 35.9 Å². The molecular formula is C21H31N3O2. The Morgan fingerprint density at radius 3 is 2.54 bits per heavy atom. The highest BCUT2D eigenvalue weighted by Gasteiger charge is 2.36. The lowest BCUT2D eigenvalue weighted by molar-refractivity contribution is -0.144. The van der Waals surface area contributed by atoms with Crippen molar-refractivity contribution in [3.63, 3.8) is 0 Å². The first-order valence-electron chi connectivity index (χ1n) is 10.2. The number of benzene rings is 1. The van der Waals surface area contributed by atoms with Gasteiger partial charge in [-0.05, 0) is 31.5 Å². The van der Waals surface area contributed by atoms with E-state index in [1.807, 2.05) is 4.90 Å². The highest BCUT2D eigenvalue weighted by atomic mass is 16.5. The number of ether oxygens (including phenoxy) is 1. The number of nitrogens with zero attached hydrogens (tertiary/aromatic N) is 3. The van der Waals surface area contributed by atoms with E-state index < -0.39 is 0 Å². The fourth-order valence-corrected chi connectivity index (χ4v) is 4.39. The third-order valence-corrected chi connectivity index (χ3v) is 6.00. The number of likely N-dealkylation sites (tertiary alicyclic amines) is 2. The summed E-state index contributed by atoms with van der Waals surface area (Å²) in [6.45, 7) is 7.72. The van der Waals surface area contributed by atoms with Gasteiger partial charge in [0.1, 0.15) is 0 Å². The third-order valence-electron chi connectivity index (χ3n) is 6.00. The van der Waals surface area contributed by atoms with Crippen LogP contribution in [0.5, 0.6) is 0 Å². The molecule has 26 heavy (non-hydrogen) atoms. The zero-order valence-corrected chi connectivity index (χ0v) is 15.7. The zero-order chi connectivity index (χ0) is 17.8. The van der Waals surface area contributed by atoms with Crippen LogP contribution in [0.25, 0.3) is 0 Å². The van der Waals surface area contributed by atoms with Crippen LogP contribution in [0.3, 0.4) is 0 Å². The number of carbonyl (C=O) groups excluding carboxylic acids is 1. The van der Waals surface area contributed by atoms with Gasteiger partial charge in [-0.25, -0.2) is 0 Å². The molecule has 5 nitrogen and oxygen atoms in total. The van der Waals surface area contributed by atoms with Crippen molar-refractivity contribution in [3.8, 4) is 0 Å². The lowest BCUT2D eigenvalue weighted by atomic mass is 10.0. The summed E-state index contributed by atoms with van der Waals surface area (Å²) in [6, 6.07) is 11.1. The molecule has 0 bridgehead atoms. The molecule has 0 spiro atoms. The van der Waals surface area contributed by atoms with Crippen molar-refractivity contribution in [2.24, 2.45) is 0 Å². The molecular weight excluding hydrogens is 326 g/mol. The molecule has 0 saturated carbocycles. The van der Waals surface area contributed by atoms with Crippen molar-refractivity contribution in [2.75, 3.05) is 45.9 Å². The fraction of sp³-hybridized carbons (Fsp3) is 0.667. The van der Waals surface area contributed by atoms with Gasteiger partial charge < -0.3 is 9.64 Å². The Balaban J connectivity index is 1.21. The lowest BCUT2D eigenvalue weighted by Gasteiger charge is -2.47. The van der Waals surface area contributed by atoms with Gasteiger partial charge in [-0.2, -0.15) is 0 Å². The summed E-state index contributed by atoms with van der Waals surface area (Å²) in [6.07, 6.45) is 4.56. The summed E-state index contributed by atoms with van der Waals surface area (Å²) in [7, 11) is 0. The number of carbonyl (C=O) groups is 1. The molecule has 3 fully saturated rings. The summed E-state index contributed by atoms with van der Waals surface area (Å²) in [4.78, 5) is 19.6. The minimum Gasteiger partial charge on any atom is -0.375 e. The quantitative estimate of drug-likeness (QED) is 0.807. The van der Waals surface area contributed by atoms with E-state index >= 15 is 0 Å². The van der Waals surface area contributed by atoms with Gasteiger partial charge in [-0.15, -0.1) is 0 Å². The standard InChI is InChI=1S/C21H31N3O2/c25-21(24-15-19(16-24)23-9-5-2-6-10-23)13-20-17-22(11-12-26-20)14-18-7-3-1-4-8-18/h1,3-4,7-8,19-20H,2,5-6,9-17H2/t20-/m0/s1. The van der Waals surface area contributed by atoms with Crippen LogP contribution in [-0.2, 0) is 16.1 Å². The number of rotatable bonds is 5. The van der Waals surface area contributed by atoms with E-state index in [4.69, 9.17) is 4.74 Å². The van der Waals surface area contributed by atoms with Gasteiger partial charge in [-0.3, -0.25) is 14.6 Å². The second-order valence-corrected chi connectivity index (χ2v) is 7.97. The Bertz CT molecular complexity index is 582. The Labute approximate surface area is 156 Å². The summed E-state index contributed by atoms with van der Waals surface area (Å²) < 4.78 is 5.88. The highest BCUT2D eigenvalue weighted by molar-refractivity contribution is 5.77. The van der Waals surface area contributed by atoms with Gasteiger partial charge in [0, 0.05) is 38.8 Å². The largest absolute Gasteiger partial charge is 0.375 e. The minimum absolute atomic E-state index is 0.0361. The lowest BCUT2D eigenvalue weighted by Crippen LogP contribution is -2.62. The van der Waals surface area contributed by atoms with Crippen LogP contribution < -0.4 is 0 Å². The minimum atomic E-state index is 0.0361. The van der Waals surface area contributed by atoms with E-state index in [1.165, 1.54) is 37.9 Å². The molecule has 0 aliphatic carbocycles. The van der Waals surface area contributed by atoms with Crippen molar-refractivity contribution >= 4 is 5.91 Å².